The molecule has 0 amide bonds. The number of hydrogen-bond acceptors (Lipinski definition) is 5. The average Bonchev–Trinajstić information content (AvgIpc) is 2.97. The van der Waals surface area contributed by atoms with E-state index in [2.05, 4.69) is 10.3 Å². The molecule has 1 N–H and O–H groups in total. The van der Waals surface area contributed by atoms with E-state index in [9.17, 15) is 8.42 Å². The average molecular weight is 311 g/mol. The number of rotatable bonds is 6. The molecule has 0 aliphatic carbocycles. The summed E-state index contributed by atoms with van der Waals surface area (Å²) < 4.78 is 26.9. The van der Waals surface area contributed by atoms with E-state index in [0.29, 0.717) is 18.9 Å². The predicted molar refractivity (Wildman–Crippen MR) is 81.4 cm³/mol. The summed E-state index contributed by atoms with van der Waals surface area (Å²) in [6.45, 7) is 2.63. The van der Waals surface area contributed by atoms with E-state index in [1.54, 1.807) is 36.7 Å². The van der Waals surface area contributed by atoms with E-state index < -0.39 is 10.0 Å². The molecule has 2 aromatic rings. The quantitative estimate of drug-likeness (QED) is 0.890. The van der Waals surface area contributed by atoms with Crippen LogP contribution in [0.25, 0.3) is 0 Å². The van der Waals surface area contributed by atoms with Crippen LogP contribution in [0.5, 0.6) is 0 Å². The molecule has 2 heterocycles. The van der Waals surface area contributed by atoms with Crippen LogP contribution in [0.2, 0.25) is 0 Å². The molecule has 2 rings (SSSR count). The van der Waals surface area contributed by atoms with E-state index in [1.165, 1.54) is 4.31 Å². The maximum absolute atomic E-state index is 12.7. The second kappa shape index (κ2) is 6.34. The molecule has 0 saturated heterocycles. The van der Waals surface area contributed by atoms with Crippen molar-refractivity contribution >= 4 is 27.2 Å². The highest BCUT2D eigenvalue weighted by Crippen LogP contribution is 2.24. The normalized spacial score (nSPS) is 11.8. The largest absolute Gasteiger partial charge is 0.372 e. The minimum absolute atomic E-state index is 0.209. The van der Waals surface area contributed by atoms with Crippen LogP contribution in [0.3, 0.4) is 0 Å². The van der Waals surface area contributed by atoms with Crippen LogP contribution in [0.4, 0.5) is 5.82 Å². The molecule has 0 unspecified atom stereocenters. The number of pyridine rings is 1. The lowest BCUT2D eigenvalue weighted by molar-refractivity contribution is 0.426. The van der Waals surface area contributed by atoms with Gasteiger partial charge in [0.2, 0.25) is 10.0 Å². The van der Waals surface area contributed by atoms with Crippen molar-refractivity contribution in [1.82, 2.24) is 9.29 Å². The van der Waals surface area contributed by atoms with Gasteiger partial charge < -0.3 is 5.32 Å². The van der Waals surface area contributed by atoms with E-state index in [0.717, 1.165) is 4.88 Å². The van der Waals surface area contributed by atoms with Crippen molar-refractivity contribution in [3.63, 3.8) is 0 Å². The number of aromatic nitrogens is 1. The van der Waals surface area contributed by atoms with Gasteiger partial charge in [0.25, 0.3) is 0 Å². The molecular weight excluding hydrogens is 294 g/mol. The van der Waals surface area contributed by atoms with Gasteiger partial charge >= 0.3 is 0 Å². The van der Waals surface area contributed by atoms with Gasteiger partial charge in [-0.3, -0.25) is 0 Å². The number of nitrogens with one attached hydrogen (secondary N) is 1. The van der Waals surface area contributed by atoms with E-state index in [4.69, 9.17) is 0 Å². The fraction of sp³-hybridized carbons (Fsp3) is 0.308. The van der Waals surface area contributed by atoms with Gasteiger partial charge in [-0.15, -0.1) is 11.3 Å². The second-order valence-electron chi connectivity index (χ2n) is 4.11. The topological polar surface area (TPSA) is 62.3 Å². The molecule has 0 aliphatic heterocycles. The van der Waals surface area contributed by atoms with Gasteiger partial charge in [-0.2, -0.15) is 4.31 Å². The first-order valence-corrected chi connectivity index (χ1v) is 8.57. The smallest absolute Gasteiger partial charge is 0.247 e. The fourth-order valence-electron chi connectivity index (χ4n) is 1.87. The number of hydrogen-bond donors (Lipinski definition) is 1. The monoisotopic (exact) mass is 311 g/mol. The van der Waals surface area contributed by atoms with Crippen LogP contribution in [-0.4, -0.2) is 31.3 Å². The Balaban J connectivity index is 2.36. The van der Waals surface area contributed by atoms with Crippen molar-refractivity contribution in [3.8, 4) is 0 Å². The van der Waals surface area contributed by atoms with E-state index in [-0.39, 0.29) is 4.90 Å². The summed E-state index contributed by atoms with van der Waals surface area (Å²) in [5.74, 6) is 0.372. The van der Waals surface area contributed by atoms with Crippen LogP contribution in [0.1, 0.15) is 11.8 Å². The van der Waals surface area contributed by atoms with E-state index in [1.807, 2.05) is 24.4 Å². The molecule has 0 atom stereocenters. The van der Waals surface area contributed by atoms with Gasteiger partial charge in [-0.1, -0.05) is 13.0 Å². The third-order valence-corrected chi connectivity index (χ3v) is 5.70. The molecule has 0 bridgehead atoms. The summed E-state index contributed by atoms with van der Waals surface area (Å²) in [7, 11) is -1.89. The lowest BCUT2D eigenvalue weighted by Crippen LogP contribution is -2.30. The highest BCUT2D eigenvalue weighted by molar-refractivity contribution is 7.89. The molecule has 2 aromatic heterocycles. The molecule has 7 heteroatoms. The summed E-state index contributed by atoms with van der Waals surface area (Å²) >= 11 is 1.55. The zero-order chi connectivity index (χ0) is 14.6. The highest BCUT2D eigenvalue weighted by atomic mass is 32.2. The number of sulfonamides is 1. The van der Waals surface area contributed by atoms with Crippen molar-refractivity contribution in [3.05, 3.63) is 40.7 Å². The third-order valence-electron chi connectivity index (χ3n) is 2.89. The molecule has 0 saturated carbocycles. The Kier molecular flexibility index (Phi) is 4.74. The molecule has 20 heavy (non-hydrogen) atoms. The van der Waals surface area contributed by atoms with Crippen LogP contribution in [0, 0.1) is 0 Å². The molecule has 108 valence electrons. The first kappa shape index (κ1) is 15.0. The van der Waals surface area contributed by atoms with Gasteiger partial charge in [0.1, 0.15) is 10.7 Å². The SMILES string of the molecule is CCN(Cc1cccs1)S(=O)(=O)c1cccnc1NC. The zero-order valence-corrected chi connectivity index (χ0v) is 13.0. The summed E-state index contributed by atoms with van der Waals surface area (Å²) in [6.07, 6.45) is 1.57. The third kappa shape index (κ3) is 3.00. The van der Waals surface area contributed by atoms with Gasteiger partial charge in [-0.05, 0) is 23.6 Å². The Morgan fingerprint density at radius 1 is 1.35 bits per heavy atom. The molecule has 0 spiro atoms. The Morgan fingerprint density at radius 2 is 2.15 bits per heavy atom. The van der Waals surface area contributed by atoms with Crippen LogP contribution in [0.15, 0.2) is 40.7 Å². The Morgan fingerprint density at radius 3 is 2.75 bits per heavy atom. The van der Waals surface area contributed by atoms with Crippen molar-refractivity contribution < 1.29 is 8.42 Å². The van der Waals surface area contributed by atoms with Crippen molar-refractivity contribution in [2.24, 2.45) is 0 Å². The number of anilines is 1. The molecule has 0 aromatic carbocycles. The fourth-order valence-corrected chi connectivity index (χ4v) is 4.25. The molecule has 0 radical (unpaired) electrons. The molecule has 0 fully saturated rings. The minimum atomic E-state index is -3.55. The van der Waals surface area contributed by atoms with Crippen molar-refractivity contribution in [2.75, 3.05) is 18.9 Å². The van der Waals surface area contributed by atoms with Gasteiger partial charge in [-0.25, -0.2) is 13.4 Å². The minimum Gasteiger partial charge on any atom is -0.372 e. The Hall–Kier alpha value is -1.44. The zero-order valence-electron chi connectivity index (χ0n) is 11.4. The van der Waals surface area contributed by atoms with Crippen LogP contribution < -0.4 is 5.32 Å². The number of thiophene rings is 1. The molecule has 0 aliphatic rings. The highest BCUT2D eigenvalue weighted by Gasteiger charge is 2.26. The van der Waals surface area contributed by atoms with Crippen molar-refractivity contribution in [2.45, 2.75) is 18.4 Å². The lowest BCUT2D eigenvalue weighted by Gasteiger charge is -2.21. The Bertz CT molecular complexity index is 654. The van der Waals surface area contributed by atoms with Gasteiger partial charge in [0.05, 0.1) is 0 Å². The van der Waals surface area contributed by atoms with E-state index >= 15 is 0 Å². The summed E-state index contributed by atoms with van der Waals surface area (Å²) in [4.78, 5) is 5.29. The lowest BCUT2D eigenvalue weighted by atomic mass is 10.4. The predicted octanol–water partition coefficient (Wildman–Crippen LogP) is 2.40. The van der Waals surface area contributed by atoms with Crippen LogP contribution in [-0.2, 0) is 16.6 Å². The maximum Gasteiger partial charge on any atom is 0.247 e. The number of nitrogens with zero attached hydrogens (tertiary/aromatic N) is 2. The second-order valence-corrected chi connectivity index (χ2v) is 7.05. The standard InChI is InChI=1S/C13H17N3O2S2/c1-3-16(10-11-6-5-9-19-11)20(17,18)12-7-4-8-15-13(12)14-2/h4-9H,3,10H2,1-2H3,(H,14,15). The van der Waals surface area contributed by atoms with Gasteiger partial charge in [0, 0.05) is 31.2 Å². The molecule has 5 nitrogen and oxygen atoms in total. The first-order chi connectivity index (χ1) is 9.59. The van der Waals surface area contributed by atoms with Gasteiger partial charge in [0.15, 0.2) is 0 Å². The molecular formula is C13H17N3O2S2. The first-order valence-electron chi connectivity index (χ1n) is 6.25. The van der Waals surface area contributed by atoms with Crippen LogP contribution >= 0.6 is 11.3 Å². The maximum atomic E-state index is 12.7. The summed E-state index contributed by atoms with van der Waals surface area (Å²) in [6, 6.07) is 7.06. The summed E-state index contributed by atoms with van der Waals surface area (Å²) in [5, 5.41) is 4.77. The summed E-state index contributed by atoms with van der Waals surface area (Å²) in [5.41, 5.74) is 0. The van der Waals surface area contributed by atoms with Crippen molar-refractivity contribution in [1.29, 1.82) is 0 Å². The Labute approximate surface area is 123 Å².